The number of benzene rings is 2. The average molecular weight is 297 g/mol. The molecule has 3 nitrogen and oxygen atoms in total. The number of hydrogen-bond acceptors (Lipinski definition) is 2. The Balaban J connectivity index is 1.95. The first-order valence-corrected chi connectivity index (χ1v) is 7.56. The summed E-state index contributed by atoms with van der Waals surface area (Å²) in [6, 6.07) is 15.7. The Morgan fingerprint density at radius 3 is 2.32 bits per heavy atom. The molecule has 0 spiro atoms. The third-order valence-corrected chi connectivity index (χ3v) is 3.82. The third kappa shape index (κ3) is 4.10. The number of ether oxygens (including phenoxy) is 1. The van der Waals surface area contributed by atoms with E-state index in [-0.39, 0.29) is 11.9 Å². The quantitative estimate of drug-likeness (QED) is 0.907. The van der Waals surface area contributed by atoms with E-state index in [1.54, 1.807) is 6.92 Å². The van der Waals surface area contributed by atoms with E-state index >= 15 is 0 Å². The van der Waals surface area contributed by atoms with Crippen LogP contribution >= 0.6 is 0 Å². The molecule has 116 valence electrons. The summed E-state index contributed by atoms with van der Waals surface area (Å²) in [5.74, 6) is 0.604. The van der Waals surface area contributed by atoms with Gasteiger partial charge in [0, 0.05) is 0 Å². The highest BCUT2D eigenvalue weighted by Crippen LogP contribution is 2.18. The molecule has 0 heterocycles. The van der Waals surface area contributed by atoms with E-state index in [1.165, 1.54) is 5.56 Å². The van der Waals surface area contributed by atoms with Gasteiger partial charge in [0.15, 0.2) is 6.10 Å². The minimum absolute atomic E-state index is 0.0421. The van der Waals surface area contributed by atoms with Crippen LogP contribution in [-0.2, 0) is 4.79 Å². The molecule has 0 radical (unpaired) electrons. The van der Waals surface area contributed by atoms with Gasteiger partial charge >= 0.3 is 0 Å². The zero-order valence-electron chi connectivity index (χ0n) is 13.6. The Morgan fingerprint density at radius 1 is 1.00 bits per heavy atom. The first kappa shape index (κ1) is 16.1. The number of nitrogens with one attached hydrogen (secondary N) is 1. The smallest absolute Gasteiger partial charge is 0.261 e. The zero-order valence-corrected chi connectivity index (χ0v) is 13.6. The van der Waals surface area contributed by atoms with Crippen molar-refractivity contribution >= 4 is 5.91 Å². The second-order valence-electron chi connectivity index (χ2n) is 5.65. The number of amides is 1. The molecule has 22 heavy (non-hydrogen) atoms. The summed E-state index contributed by atoms with van der Waals surface area (Å²) in [4.78, 5) is 12.2. The number of carbonyl (C=O) groups excluding carboxylic acids is 1. The Bertz CT molecular complexity index is 637. The monoisotopic (exact) mass is 297 g/mol. The Kier molecular flexibility index (Phi) is 5.21. The van der Waals surface area contributed by atoms with Crippen molar-refractivity contribution < 1.29 is 9.53 Å². The normalized spacial score (nSPS) is 13.3. The van der Waals surface area contributed by atoms with E-state index in [1.807, 2.05) is 62.4 Å². The SMILES string of the molecule is Cc1ccc(O[C@@H](C)C(=O)N[C@H](C)c2ccccc2)cc1C. The van der Waals surface area contributed by atoms with Crippen molar-refractivity contribution in [3.8, 4) is 5.75 Å². The lowest BCUT2D eigenvalue weighted by atomic mass is 10.1. The Labute approximate surface area is 132 Å². The first-order valence-electron chi connectivity index (χ1n) is 7.56. The summed E-state index contributed by atoms with van der Waals surface area (Å²) in [7, 11) is 0. The fraction of sp³-hybridized carbons (Fsp3) is 0.316. The zero-order chi connectivity index (χ0) is 16.1. The first-order chi connectivity index (χ1) is 10.5. The van der Waals surface area contributed by atoms with Crippen molar-refractivity contribution in [1.82, 2.24) is 5.32 Å². The predicted molar refractivity (Wildman–Crippen MR) is 89.0 cm³/mol. The summed E-state index contributed by atoms with van der Waals surface area (Å²) >= 11 is 0. The molecule has 0 aliphatic heterocycles. The van der Waals surface area contributed by atoms with Crippen molar-refractivity contribution in [3.05, 3.63) is 65.2 Å². The maximum absolute atomic E-state index is 12.2. The van der Waals surface area contributed by atoms with Crippen LogP contribution in [0.3, 0.4) is 0 Å². The Hall–Kier alpha value is -2.29. The average Bonchev–Trinajstić information content (AvgIpc) is 2.51. The van der Waals surface area contributed by atoms with Crippen LogP contribution in [0.15, 0.2) is 48.5 Å². The fourth-order valence-corrected chi connectivity index (χ4v) is 2.20. The maximum Gasteiger partial charge on any atom is 0.261 e. The second kappa shape index (κ2) is 7.12. The van der Waals surface area contributed by atoms with Crippen molar-refractivity contribution in [2.45, 2.75) is 39.8 Å². The fourth-order valence-electron chi connectivity index (χ4n) is 2.20. The molecule has 1 N–H and O–H groups in total. The molecule has 0 aromatic heterocycles. The van der Waals surface area contributed by atoms with Gasteiger partial charge in [0.1, 0.15) is 5.75 Å². The molecule has 0 bridgehead atoms. The summed E-state index contributed by atoms with van der Waals surface area (Å²) in [6.45, 7) is 7.82. The third-order valence-electron chi connectivity index (χ3n) is 3.82. The molecule has 0 fully saturated rings. The van der Waals surface area contributed by atoms with Crippen molar-refractivity contribution in [2.24, 2.45) is 0 Å². The minimum Gasteiger partial charge on any atom is -0.481 e. The van der Waals surface area contributed by atoms with Crippen LogP contribution in [0, 0.1) is 13.8 Å². The topological polar surface area (TPSA) is 38.3 Å². The van der Waals surface area contributed by atoms with Crippen LogP contribution in [0.25, 0.3) is 0 Å². The maximum atomic E-state index is 12.2. The standard InChI is InChI=1S/C19H23NO2/c1-13-10-11-18(12-14(13)2)22-16(4)19(21)20-15(3)17-8-6-5-7-9-17/h5-12,15-16H,1-4H3,(H,20,21)/t15-,16+/m1/s1. The molecule has 2 aromatic carbocycles. The van der Waals surface area contributed by atoms with Gasteiger partial charge in [0.05, 0.1) is 6.04 Å². The van der Waals surface area contributed by atoms with E-state index in [0.717, 1.165) is 16.9 Å². The van der Waals surface area contributed by atoms with Gasteiger partial charge in [-0.25, -0.2) is 0 Å². The highest BCUT2D eigenvalue weighted by atomic mass is 16.5. The number of hydrogen-bond donors (Lipinski definition) is 1. The summed E-state index contributed by atoms with van der Waals surface area (Å²) in [5, 5.41) is 2.98. The molecule has 0 aliphatic carbocycles. The molecule has 1 amide bonds. The minimum atomic E-state index is -0.534. The van der Waals surface area contributed by atoms with E-state index in [0.29, 0.717) is 0 Å². The van der Waals surface area contributed by atoms with E-state index in [2.05, 4.69) is 12.2 Å². The largest absolute Gasteiger partial charge is 0.481 e. The van der Waals surface area contributed by atoms with Crippen molar-refractivity contribution in [1.29, 1.82) is 0 Å². The van der Waals surface area contributed by atoms with Gasteiger partial charge in [-0.1, -0.05) is 36.4 Å². The van der Waals surface area contributed by atoms with E-state index in [9.17, 15) is 4.79 Å². The summed E-state index contributed by atoms with van der Waals surface area (Å²) in [5.41, 5.74) is 3.44. The molecule has 2 aromatic rings. The number of carbonyl (C=O) groups is 1. The van der Waals surface area contributed by atoms with Gasteiger partial charge in [-0.15, -0.1) is 0 Å². The summed E-state index contributed by atoms with van der Waals surface area (Å²) in [6.07, 6.45) is -0.534. The summed E-state index contributed by atoms with van der Waals surface area (Å²) < 4.78 is 5.74. The molecule has 0 aliphatic rings. The van der Waals surface area contributed by atoms with Gasteiger partial charge in [-0.2, -0.15) is 0 Å². The van der Waals surface area contributed by atoms with Gasteiger partial charge < -0.3 is 10.1 Å². The second-order valence-corrected chi connectivity index (χ2v) is 5.65. The van der Waals surface area contributed by atoms with Gasteiger partial charge in [0.2, 0.25) is 0 Å². The van der Waals surface area contributed by atoms with Gasteiger partial charge in [-0.05, 0) is 56.5 Å². The van der Waals surface area contributed by atoms with Crippen LogP contribution in [0.5, 0.6) is 5.75 Å². The molecule has 3 heteroatoms. The van der Waals surface area contributed by atoms with Gasteiger partial charge in [-0.3, -0.25) is 4.79 Å². The molecule has 2 rings (SSSR count). The molecule has 0 saturated heterocycles. The van der Waals surface area contributed by atoms with Crippen LogP contribution in [0.2, 0.25) is 0 Å². The van der Waals surface area contributed by atoms with Crippen LogP contribution in [-0.4, -0.2) is 12.0 Å². The lowest BCUT2D eigenvalue weighted by Gasteiger charge is -2.19. The Morgan fingerprint density at radius 2 is 1.68 bits per heavy atom. The lowest BCUT2D eigenvalue weighted by molar-refractivity contribution is -0.127. The number of aryl methyl sites for hydroxylation is 2. The molecule has 2 atom stereocenters. The number of rotatable bonds is 5. The lowest BCUT2D eigenvalue weighted by Crippen LogP contribution is -2.37. The molecular weight excluding hydrogens is 274 g/mol. The molecular formula is C19H23NO2. The van der Waals surface area contributed by atoms with Crippen LogP contribution in [0.4, 0.5) is 0 Å². The molecule has 0 unspecified atom stereocenters. The van der Waals surface area contributed by atoms with Gasteiger partial charge in [0.25, 0.3) is 5.91 Å². The van der Waals surface area contributed by atoms with E-state index in [4.69, 9.17) is 4.74 Å². The van der Waals surface area contributed by atoms with Crippen LogP contribution < -0.4 is 10.1 Å². The molecule has 0 saturated carbocycles. The van der Waals surface area contributed by atoms with Crippen molar-refractivity contribution in [2.75, 3.05) is 0 Å². The highest BCUT2D eigenvalue weighted by Gasteiger charge is 2.17. The van der Waals surface area contributed by atoms with E-state index < -0.39 is 6.10 Å². The predicted octanol–water partition coefficient (Wildman–Crippen LogP) is 3.95. The van der Waals surface area contributed by atoms with Crippen molar-refractivity contribution in [3.63, 3.8) is 0 Å². The highest BCUT2D eigenvalue weighted by molar-refractivity contribution is 5.81. The van der Waals surface area contributed by atoms with Crippen LogP contribution in [0.1, 0.15) is 36.6 Å².